The Morgan fingerprint density at radius 2 is 2.12 bits per heavy atom. The molecule has 0 saturated carbocycles. The standard InChI is InChI=1S/C17H13ClN4OS/c18-12-4-3-6-14(8-12)21-10-20-17-22(11-21)16(23)15(24-17)9-13-5-1-2-7-19-13/h1-9H,10-11H2/b15-9-. The van der Waals surface area contributed by atoms with Gasteiger partial charge >= 0.3 is 0 Å². The lowest BCUT2D eigenvalue weighted by molar-refractivity contribution is 0.569. The first-order valence-corrected chi connectivity index (χ1v) is 8.57. The van der Waals surface area contributed by atoms with E-state index in [4.69, 9.17) is 11.6 Å². The molecular weight excluding hydrogens is 344 g/mol. The number of nitrogens with zero attached hydrogens (tertiary/aromatic N) is 4. The molecule has 24 heavy (non-hydrogen) atoms. The van der Waals surface area contributed by atoms with Crippen molar-refractivity contribution in [3.05, 3.63) is 79.1 Å². The molecular formula is C17H13ClN4OS. The van der Waals surface area contributed by atoms with Gasteiger partial charge in [0.2, 0.25) is 0 Å². The van der Waals surface area contributed by atoms with Crippen LogP contribution in [-0.4, -0.2) is 16.2 Å². The second kappa shape index (κ2) is 6.22. The van der Waals surface area contributed by atoms with E-state index in [9.17, 15) is 4.79 Å². The Balaban J connectivity index is 1.73. The number of rotatable bonds is 2. The van der Waals surface area contributed by atoms with Crippen molar-refractivity contribution in [2.24, 2.45) is 4.99 Å². The van der Waals surface area contributed by atoms with E-state index in [0.29, 0.717) is 22.9 Å². The third-order valence-corrected chi connectivity index (χ3v) is 5.00. The molecule has 0 atom stereocenters. The molecule has 4 rings (SSSR count). The van der Waals surface area contributed by atoms with Gasteiger partial charge < -0.3 is 4.90 Å². The summed E-state index contributed by atoms with van der Waals surface area (Å²) < 4.78 is 2.32. The summed E-state index contributed by atoms with van der Waals surface area (Å²) in [5, 5.41) is 0.667. The van der Waals surface area contributed by atoms with Crippen LogP contribution in [0.15, 0.2) is 58.4 Å². The van der Waals surface area contributed by atoms with Crippen LogP contribution in [0.5, 0.6) is 0 Å². The summed E-state index contributed by atoms with van der Waals surface area (Å²) in [6.45, 7) is 0.966. The third kappa shape index (κ3) is 2.86. The molecule has 0 spiro atoms. The SMILES string of the molecule is O=c1/c(=C/c2ccccn2)sc2n1CN(c1cccc(Cl)c1)CN=2. The number of aromatic nitrogens is 2. The Morgan fingerprint density at radius 3 is 2.92 bits per heavy atom. The summed E-state index contributed by atoms with van der Waals surface area (Å²) >= 11 is 7.45. The van der Waals surface area contributed by atoms with E-state index in [0.717, 1.165) is 16.2 Å². The monoisotopic (exact) mass is 356 g/mol. The summed E-state index contributed by atoms with van der Waals surface area (Å²) in [7, 11) is 0. The molecule has 0 unspecified atom stereocenters. The lowest BCUT2D eigenvalue weighted by Crippen LogP contribution is -2.42. The predicted octanol–water partition coefficient (Wildman–Crippen LogP) is 1.84. The van der Waals surface area contributed by atoms with Gasteiger partial charge in [0.1, 0.15) is 13.3 Å². The van der Waals surface area contributed by atoms with Crippen molar-refractivity contribution >= 4 is 34.7 Å². The molecule has 120 valence electrons. The van der Waals surface area contributed by atoms with E-state index < -0.39 is 0 Å². The van der Waals surface area contributed by atoms with E-state index in [2.05, 4.69) is 9.98 Å². The maximum absolute atomic E-state index is 12.7. The van der Waals surface area contributed by atoms with Gasteiger partial charge in [-0.2, -0.15) is 0 Å². The van der Waals surface area contributed by atoms with Gasteiger partial charge in [0, 0.05) is 16.9 Å². The second-order valence-electron chi connectivity index (χ2n) is 5.34. The van der Waals surface area contributed by atoms with Crippen molar-refractivity contribution in [3.63, 3.8) is 0 Å². The van der Waals surface area contributed by atoms with Crippen LogP contribution >= 0.6 is 22.9 Å². The fraction of sp³-hybridized carbons (Fsp3) is 0.118. The molecule has 0 N–H and O–H groups in total. The molecule has 3 heterocycles. The second-order valence-corrected chi connectivity index (χ2v) is 6.79. The molecule has 0 bridgehead atoms. The highest BCUT2D eigenvalue weighted by Gasteiger charge is 2.16. The maximum atomic E-state index is 12.7. The molecule has 0 fully saturated rings. The molecule has 3 aromatic rings. The van der Waals surface area contributed by atoms with Crippen LogP contribution in [0.25, 0.3) is 6.08 Å². The van der Waals surface area contributed by atoms with Gasteiger partial charge in [-0.15, -0.1) is 0 Å². The number of pyridine rings is 1. The quantitative estimate of drug-likeness (QED) is 0.704. The molecule has 5 nitrogen and oxygen atoms in total. The molecule has 0 amide bonds. The Hall–Kier alpha value is -2.44. The number of hydrogen-bond donors (Lipinski definition) is 0. The van der Waals surface area contributed by atoms with E-state index in [1.807, 2.05) is 47.4 Å². The predicted molar refractivity (Wildman–Crippen MR) is 96.0 cm³/mol. The van der Waals surface area contributed by atoms with Crippen molar-refractivity contribution in [2.75, 3.05) is 11.6 Å². The largest absolute Gasteiger partial charge is 0.334 e. The summed E-state index contributed by atoms with van der Waals surface area (Å²) in [4.78, 5) is 24.2. The molecule has 1 aromatic carbocycles. The van der Waals surface area contributed by atoms with Crippen LogP contribution < -0.4 is 19.8 Å². The molecule has 0 radical (unpaired) electrons. The van der Waals surface area contributed by atoms with Gasteiger partial charge in [-0.05, 0) is 36.4 Å². The van der Waals surface area contributed by atoms with Crippen molar-refractivity contribution in [2.45, 2.75) is 6.67 Å². The average Bonchev–Trinajstić information content (AvgIpc) is 2.91. The average molecular weight is 357 g/mol. The number of anilines is 1. The van der Waals surface area contributed by atoms with E-state index >= 15 is 0 Å². The van der Waals surface area contributed by atoms with Crippen LogP contribution in [0.2, 0.25) is 5.02 Å². The smallest absolute Gasteiger partial charge is 0.271 e. The highest BCUT2D eigenvalue weighted by molar-refractivity contribution is 7.07. The summed E-state index contributed by atoms with van der Waals surface area (Å²) in [5.41, 5.74) is 1.67. The number of thiazole rings is 1. The minimum atomic E-state index is -0.0452. The Labute approximate surface area is 146 Å². The van der Waals surface area contributed by atoms with E-state index in [1.165, 1.54) is 11.3 Å². The molecule has 2 aromatic heterocycles. The fourth-order valence-electron chi connectivity index (χ4n) is 2.54. The van der Waals surface area contributed by atoms with Gasteiger partial charge in [0.25, 0.3) is 5.56 Å². The highest BCUT2D eigenvalue weighted by atomic mass is 35.5. The number of hydrogen-bond acceptors (Lipinski definition) is 5. The first-order valence-electron chi connectivity index (χ1n) is 7.38. The highest BCUT2D eigenvalue weighted by Crippen LogP contribution is 2.20. The van der Waals surface area contributed by atoms with Crippen LogP contribution in [-0.2, 0) is 6.67 Å². The molecule has 1 aliphatic rings. The van der Waals surface area contributed by atoms with Gasteiger partial charge in [-0.3, -0.25) is 14.3 Å². The number of benzene rings is 1. The topological polar surface area (TPSA) is 50.5 Å². The summed E-state index contributed by atoms with van der Waals surface area (Å²) in [6.07, 6.45) is 3.51. The number of fused-ring (bicyclic) bond motifs is 1. The normalized spacial score (nSPS) is 14.4. The van der Waals surface area contributed by atoms with Crippen molar-refractivity contribution in [1.29, 1.82) is 0 Å². The van der Waals surface area contributed by atoms with Crippen LogP contribution in [0, 0.1) is 0 Å². The molecule has 0 saturated heterocycles. The Bertz CT molecular complexity index is 1060. The minimum Gasteiger partial charge on any atom is -0.334 e. The van der Waals surface area contributed by atoms with E-state index in [1.54, 1.807) is 16.8 Å². The first kappa shape index (κ1) is 15.1. The van der Waals surface area contributed by atoms with E-state index in [-0.39, 0.29) is 5.56 Å². The van der Waals surface area contributed by atoms with Crippen molar-refractivity contribution in [1.82, 2.24) is 9.55 Å². The van der Waals surface area contributed by atoms with Gasteiger partial charge in [-0.1, -0.05) is 35.1 Å². The zero-order valence-corrected chi connectivity index (χ0v) is 14.2. The molecule has 0 aliphatic carbocycles. The summed E-state index contributed by atoms with van der Waals surface area (Å²) in [5.74, 6) is 0. The Kier molecular flexibility index (Phi) is 3.92. The van der Waals surface area contributed by atoms with Crippen molar-refractivity contribution in [3.8, 4) is 0 Å². The van der Waals surface area contributed by atoms with Crippen molar-refractivity contribution < 1.29 is 0 Å². The van der Waals surface area contributed by atoms with Gasteiger partial charge in [0.05, 0.1) is 10.2 Å². The van der Waals surface area contributed by atoms with Gasteiger partial charge in [0.15, 0.2) is 4.80 Å². The van der Waals surface area contributed by atoms with Gasteiger partial charge in [-0.25, -0.2) is 4.99 Å². The zero-order valence-electron chi connectivity index (χ0n) is 12.6. The van der Waals surface area contributed by atoms with Crippen LogP contribution in [0.4, 0.5) is 5.69 Å². The lowest BCUT2D eigenvalue weighted by Gasteiger charge is -2.25. The Morgan fingerprint density at radius 1 is 1.21 bits per heavy atom. The van der Waals surface area contributed by atoms with Crippen LogP contribution in [0.1, 0.15) is 5.69 Å². The number of halogens is 1. The first-order chi connectivity index (χ1) is 11.7. The maximum Gasteiger partial charge on any atom is 0.271 e. The fourth-order valence-corrected chi connectivity index (χ4v) is 3.68. The zero-order chi connectivity index (χ0) is 16.5. The molecule has 1 aliphatic heterocycles. The summed E-state index contributed by atoms with van der Waals surface area (Å²) in [6, 6.07) is 13.2. The lowest BCUT2D eigenvalue weighted by atomic mass is 10.3. The molecule has 7 heteroatoms. The minimum absolute atomic E-state index is 0.0452. The third-order valence-electron chi connectivity index (χ3n) is 3.72. The van der Waals surface area contributed by atoms with Crippen LogP contribution in [0.3, 0.4) is 0 Å².